The first-order valence-electron chi connectivity index (χ1n) is 17.2. The van der Waals surface area contributed by atoms with Crippen molar-refractivity contribution in [3.8, 4) is 0 Å². The maximum absolute atomic E-state index is 12.1. The van der Waals surface area contributed by atoms with Crippen molar-refractivity contribution in [2.24, 2.45) is 11.5 Å². The molecule has 3 saturated heterocycles. The summed E-state index contributed by atoms with van der Waals surface area (Å²) in [6.07, 6.45) is 0. The predicted octanol–water partition coefficient (Wildman–Crippen LogP) is 3.20. The zero-order valence-corrected chi connectivity index (χ0v) is 36.2. The predicted molar refractivity (Wildman–Crippen MR) is 211 cm³/mol. The lowest BCUT2D eigenvalue weighted by Crippen LogP contribution is -2.41. The lowest BCUT2D eigenvalue weighted by Gasteiger charge is -2.32. The van der Waals surface area contributed by atoms with E-state index in [1.165, 1.54) is 24.3 Å². The Kier molecular flexibility index (Phi) is 13.6. The molecule has 3 fully saturated rings. The van der Waals surface area contributed by atoms with Gasteiger partial charge in [0.2, 0.25) is 11.8 Å². The van der Waals surface area contributed by atoms with Crippen LogP contribution in [0, 0.1) is 0 Å². The summed E-state index contributed by atoms with van der Waals surface area (Å²) in [4.78, 5) is 21.5. The number of rotatable bonds is 8. The smallest absolute Gasteiger partial charge is 0.405 e. The number of sulfone groups is 2. The average Bonchev–Trinajstić information content (AvgIpc) is 3.46. The van der Waals surface area contributed by atoms with Gasteiger partial charge in [-0.3, -0.25) is 9.59 Å². The standard InChI is InChI=1S/C14H20BNO5S.C12H24B2O4.C8H8BrNO3S/c1-13(2)14(3,4)21-15(20-13)10-6-5-7-11(8-10)22(18,19)9-12(16)17;1-9(2)10(3,4)16-13(15-9)14-17-11(5,6)12(7,8)18-14;9-6-2-1-3-7(4-6)14(12,13)5-8(10)11/h5-8H,9H2,1-4H3,(H2,16,17);1-8H3;1-4H,5H2,(H2,10,11). The molecule has 20 heteroatoms. The van der Waals surface area contributed by atoms with E-state index in [1.54, 1.807) is 24.3 Å². The Balaban J connectivity index is 0.000000224. The number of amides is 2. The van der Waals surface area contributed by atoms with E-state index in [1.807, 2.05) is 83.1 Å². The van der Waals surface area contributed by atoms with E-state index < -0.39 is 75.3 Å². The number of hydrogen-bond acceptors (Lipinski definition) is 12. The van der Waals surface area contributed by atoms with Gasteiger partial charge in [-0.15, -0.1) is 0 Å². The zero-order valence-electron chi connectivity index (χ0n) is 33.0. The van der Waals surface area contributed by atoms with Crippen LogP contribution in [0.25, 0.3) is 0 Å². The Morgan fingerprint density at radius 2 is 0.870 bits per heavy atom. The topological polar surface area (TPSA) is 210 Å². The number of nitrogens with two attached hydrogens (primary N) is 2. The summed E-state index contributed by atoms with van der Waals surface area (Å²) in [7, 11) is -8.95. The minimum atomic E-state index is -3.75. The molecule has 0 unspecified atom stereocenters. The van der Waals surface area contributed by atoms with E-state index in [2.05, 4.69) is 15.9 Å². The van der Waals surface area contributed by atoms with Gasteiger partial charge in [-0.05, 0) is 119 Å². The van der Waals surface area contributed by atoms with Crippen LogP contribution in [-0.2, 0) is 57.2 Å². The van der Waals surface area contributed by atoms with E-state index in [-0.39, 0.29) is 32.2 Å². The molecule has 298 valence electrons. The van der Waals surface area contributed by atoms with Gasteiger partial charge in [0.1, 0.15) is 11.5 Å². The van der Waals surface area contributed by atoms with Gasteiger partial charge in [-0.25, -0.2) is 16.8 Å². The molecular weight excluding hydrogens is 805 g/mol. The van der Waals surface area contributed by atoms with Crippen LogP contribution >= 0.6 is 15.9 Å². The van der Waals surface area contributed by atoms with Crippen molar-refractivity contribution in [3.05, 3.63) is 53.0 Å². The molecule has 0 saturated carbocycles. The molecule has 0 radical (unpaired) electrons. The van der Waals surface area contributed by atoms with Crippen LogP contribution in [0.15, 0.2) is 62.8 Å². The van der Waals surface area contributed by atoms with Crippen molar-refractivity contribution in [1.82, 2.24) is 0 Å². The normalized spacial score (nSPS) is 21.8. The van der Waals surface area contributed by atoms with Crippen molar-refractivity contribution in [2.45, 2.75) is 126 Å². The van der Waals surface area contributed by atoms with Crippen LogP contribution in [0.5, 0.6) is 0 Å². The van der Waals surface area contributed by atoms with Crippen molar-refractivity contribution >= 4 is 74.0 Å². The molecule has 3 aliphatic heterocycles. The molecule has 2 aromatic carbocycles. The third-order valence-electron chi connectivity index (χ3n) is 10.3. The molecule has 0 aliphatic carbocycles. The highest BCUT2D eigenvalue weighted by Gasteiger charge is 2.63. The fourth-order valence-electron chi connectivity index (χ4n) is 5.03. The number of carbonyl (C=O) groups excluding carboxylic acids is 2. The molecule has 0 spiro atoms. The quantitative estimate of drug-likeness (QED) is 0.367. The van der Waals surface area contributed by atoms with Gasteiger partial charge in [0.05, 0.1) is 43.4 Å². The van der Waals surface area contributed by atoms with Gasteiger partial charge in [-0.1, -0.05) is 34.1 Å². The third-order valence-corrected chi connectivity index (χ3v) is 14.1. The lowest BCUT2D eigenvalue weighted by molar-refractivity contribution is -0.116. The minimum absolute atomic E-state index is 0.0264. The van der Waals surface area contributed by atoms with Crippen LogP contribution in [0.2, 0.25) is 0 Å². The largest absolute Gasteiger partial charge is 0.494 e. The summed E-state index contributed by atoms with van der Waals surface area (Å²) in [6.45, 7) is 23.9. The summed E-state index contributed by atoms with van der Waals surface area (Å²) in [5, 5.41) is 0. The summed E-state index contributed by atoms with van der Waals surface area (Å²) in [6, 6.07) is 12.3. The molecular formula is C34H52B3BrN2O12S2. The van der Waals surface area contributed by atoms with Gasteiger partial charge in [0, 0.05) is 4.47 Å². The Labute approximate surface area is 329 Å². The first-order valence-corrected chi connectivity index (χ1v) is 21.3. The van der Waals surface area contributed by atoms with Gasteiger partial charge >= 0.3 is 21.1 Å². The minimum Gasteiger partial charge on any atom is -0.405 e. The van der Waals surface area contributed by atoms with Crippen LogP contribution < -0.4 is 16.9 Å². The van der Waals surface area contributed by atoms with Gasteiger partial charge in [0.25, 0.3) is 0 Å². The van der Waals surface area contributed by atoms with Crippen LogP contribution in [0.3, 0.4) is 0 Å². The maximum atomic E-state index is 12.1. The Morgan fingerprint density at radius 1 is 0.556 bits per heavy atom. The third kappa shape index (κ3) is 10.8. The van der Waals surface area contributed by atoms with Crippen LogP contribution in [0.4, 0.5) is 0 Å². The molecule has 54 heavy (non-hydrogen) atoms. The Morgan fingerprint density at radius 3 is 1.20 bits per heavy atom. The zero-order chi connectivity index (χ0) is 41.5. The van der Waals surface area contributed by atoms with Crippen molar-refractivity contribution in [2.75, 3.05) is 11.5 Å². The van der Waals surface area contributed by atoms with E-state index in [0.717, 1.165) is 0 Å². The van der Waals surface area contributed by atoms with Gasteiger partial charge in [0.15, 0.2) is 19.7 Å². The molecule has 4 N–H and O–H groups in total. The SMILES string of the molecule is CC1(C)OB(B2OC(C)(C)C(C)(C)O2)OC1(C)C.CC1(C)OB(c2cccc(S(=O)(=O)CC(N)=O)c2)OC1(C)C.NC(=O)CS(=O)(=O)c1cccc(Br)c1. The molecule has 2 amide bonds. The second kappa shape index (κ2) is 15.9. The fourth-order valence-corrected chi connectivity index (χ4v) is 7.86. The Hall–Kier alpha value is -2.29. The first-order chi connectivity index (χ1) is 24.2. The lowest BCUT2D eigenvalue weighted by atomic mass is 9.49. The second-order valence-electron chi connectivity index (χ2n) is 16.3. The number of carbonyl (C=O) groups is 2. The number of halogens is 1. The fraction of sp³-hybridized carbons (Fsp3) is 0.588. The van der Waals surface area contributed by atoms with Crippen molar-refractivity contribution in [1.29, 1.82) is 0 Å². The molecule has 14 nitrogen and oxygen atoms in total. The van der Waals surface area contributed by atoms with Crippen molar-refractivity contribution in [3.63, 3.8) is 0 Å². The first kappa shape index (κ1) is 46.1. The monoisotopic (exact) mass is 856 g/mol. The summed E-state index contributed by atoms with van der Waals surface area (Å²) >= 11 is 3.14. The van der Waals surface area contributed by atoms with Gasteiger partial charge < -0.3 is 39.4 Å². The maximum Gasteiger partial charge on any atom is 0.494 e. The number of benzene rings is 2. The highest BCUT2D eigenvalue weighted by molar-refractivity contribution is 9.10. The van der Waals surface area contributed by atoms with E-state index in [0.29, 0.717) is 9.94 Å². The number of primary amides is 2. The number of hydrogen-bond donors (Lipinski definition) is 2. The molecule has 3 aliphatic rings. The second-order valence-corrected chi connectivity index (χ2v) is 21.2. The average molecular weight is 857 g/mol. The molecule has 3 heterocycles. The molecule has 0 aromatic heterocycles. The molecule has 5 rings (SSSR count). The van der Waals surface area contributed by atoms with E-state index in [4.69, 9.17) is 39.4 Å². The summed E-state index contributed by atoms with van der Waals surface area (Å²) < 4.78 is 83.4. The highest BCUT2D eigenvalue weighted by atomic mass is 79.9. The van der Waals surface area contributed by atoms with E-state index in [9.17, 15) is 26.4 Å². The molecule has 0 atom stereocenters. The van der Waals surface area contributed by atoms with E-state index >= 15 is 0 Å². The summed E-state index contributed by atoms with van der Waals surface area (Å²) in [5.41, 5.74) is 7.92. The van der Waals surface area contributed by atoms with Crippen LogP contribution in [0.1, 0.15) is 83.1 Å². The highest BCUT2D eigenvalue weighted by Crippen LogP contribution is 2.43. The molecule has 2 aromatic rings. The van der Waals surface area contributed by atoms with Gasteiger partial charge in [-0.2, -0.15) is 0 Å². The summed E-state index contributed by atoms with van der Waals surface area (Å²) in [5.74, 6) is -3.13. The van der Waals surface area contributed by atoms with Crippen LogP contribution in [-0.4, -0.2) is 94.9 Å². The molecule has 0 bridgehead atoms. The van der Waals surface area contributed by atoms with Crippen molar-refractivity contribution < 1.29 is 54.4 Å². The Bertz CT molecular complexity index is 1860.